The second-order valence-electron chi connectivity index (χ2n) is 7.61. The van der Waals surface area contributed by atoms with E-state index in [4.69, 9.17) is 10.1 Å². The normalized spacial score (nSPS) is 11.2. The van der Waals surface area contributed by atoms with Crippen molar-refractivity contribution in [3.63, 3.8) is 0 Å². The maximum absolute atomic E-state index is 13.0. The number of carbonyl (C=O) groups excluding carboxylic acids is 1. The second-order valence-corrected chi connectivity index (χ2v) is 7.61. The summed E-state index contributed by atoms with van der Waals surface area (Å²) in [5.74, 6) is -0.152. The molecule has 2 aromatic carbocycles. The number of rotatable bonds is 8. The molecule has 0 unspecified atom stereocenters. The molecule has 0 aliphatic heterocycles. The summed E-state index contributed by atoms with van der Waals surface area (Å²) in [5.41, 5.74) is 7.30. The molecule has 3 rings (SSSR count). The van der Waals surface area contributed by atoms with Crippen LogP contribution in [0.5, 0.6) is 0 Å². The van der Waals surface area contributed by atoms with Crippen LogP contribution in [-0.4, -0.2) is 28.7 Å². The van der Waals surface area contributed by atoms with E-state index < -0.39 is 0 Å². The summed E-state index contributed by atoms with van der Waals surface area (Å²) >= 11 is 0. The van der Waals surface area contributed by atoms with E-state index in [0.29, 0.717) is 18.4 Å². The van der Waals surface area contributed by atoms with Gasteiger partial charge in [0.05, 0.1) is 23.3 Å². The predicted molar refractivity (Wildman–Crippen MR) is 123 cm³/mol. The second kappa shape index (κ2) is 10.1. The van der Waals surface area contributed by atoms with Crippen molar-refractivity contribution in [3.8, 4) is 11.3 Å². The first-order chi connectivity index (χ1) is 14.5. The van der Waals surface area contributed by atoms with Crippen LogP contribution in [0.3, 0.4) is 0 Å². The minimum atomic E-state index is -0.152. The van der Waals surface area contributed by atoms with Gasteiger partial charge in [-0.25, -0.2) is 0 Å². The molecule has 0 radical (unpaired) electrons. The van der Waals surface area contributed by atoms with Crippen LogP contribution in [0.4, 0.5) is 5.69 Å². The third-order valence-electron chi connectivity index (χ3n) is 5.08. The van der Waals surface area contributed by atoms with Gasteiger partial charge in [-0.3, -0.25) is 14.8 Å². The van der Waals surface area contributed by atoms with Crippen molar-refractivity contribution >= 4 is 17.7 Å². The Kier molecular flexibility index (Phi) is 7.26. The maximum Gasteiger partial charge on any atom is 0.205 e. The highest BCUT2D eigenvalue weighted by Gasteiger charge is 2.13. The number of hydrogen-bond donors (Lipinski definition) is 1. The summed E-state index contributed by atoms with van der Waals surface area (Å²) in [6, 6.07) is 17.8. The zero-order valence-corrected chi connectivity index (χ0v) is 17.9. The Morgan fingerprint density at radius 3 is 2.37 bits per heavy atom. The minimum Gasteiger partial charge on any atom is -0.396 e. The van der Waals surface area contributed by atoms with Crippen molar-refractivity contribution in [2.75, 3.05) is 6.61 Å². The van der Waals surface area contributed by atoms with Crippen LogP contribution in [-0.2, 0) is 6.42 Å². The van der Waals surface area contributed by atoms with E-state index in [1.807, 2.05) is 56.3 Å². The van der Waals surface area contributed by atoms with Gasteiger partial charge < -0.3 is 5.11 Å². The molecule has 0 spiro atoms. The first kappa shape index (κ1) is 21.6. The number of ketones is 1. The first-order valence-electron chi connectivity index (χ1n) is 10.3. The van der Waals surface area contributed by atoms with E-state index in [0.717, 1.165) is 40.2 Å². The van der Waals surface area contributed by atoms with Gasteiger partial charge in [0.25, 0.3) is 0 Å². The Balaban J connectivity index is 1.92. The lowest BCUT2D eigenvalue weighted by atomic mass is 10.0. The Morgan fingerprint density at radius 1 is 1.00 bits per heavy atom. The van der Waals surface area contributed by atoms with Crippen LogP contribution in [0, 0.1) is 20.8 Å². The summed E-state index contributed by atoms with van der Waals surface area (Å²) in [6.07, 6.45) is 3.49. The number of hydrogen-bond acceptors (Lipinski definition) is 4. The molecule has 4 heteroatoms. The molecule has 1 aromatic heterocycles. The van der Waals surface area contributed by atoms with E-state index in [2.05, 4.69) is 24.0 Å². The minimum absolute atomic E-state index is 0.134. The van der Waals surface area contributed by atoms with Gasteiger partial charge in [0.2, 0.25) is 5.78 Å². The van der Waals surface area contributed by atoms with Crippen LogP contribution in [0.15, 0.2) is 59.6 Å². The molecule has 0 aliphatic rings. The Morgan fingerprint density at radius 2 is 1.70 bits per heavy atom. The van der Waals surface area contributed by atoms with Crippen LogP contribution < -0.4 is 0 Å². The highest BCUT2D eigenvalue weighted by atomic mass is 16.2. The summed E-state index contributed by atoms with van der Waals surface area (Å²) < 4.78 is 0. The summed E-state index contributed by atoms with van der Waals surface area (Å²) in [7, 11) is 0. The highest BCUT2D eigenvalue weighted by molar-refractivity contribution is 6.36. The zero-order chi connectivity index (χ0) is 21.5. The number of aryl methyl sites for hydroxylation is 4. The van der Waals surface area contributed by atoms with E-state index in [1.54, 1.807) is 0 Å². The SMILES string of the molecule is Cc1cc(C)c(N=CC(=O)c2ccc(-c3ccccc3)nc2CCCCO)c(C)c1. The Hall–Kier alpha value is -3.11. The number of aromatic nitrogens is 1. The van der Waals surface area contributed by atoms with Crippen LogP contribution in [0.25, 0.3) is 11.3 Å². The van der Waals surface area contributed by atoms with Gasteiger partial charge in [-0.1, -0.05) is 48.0 Å². The van der Waals surface area contributed by atoms with Crippen molar-refractivity contribution in [2.24, 2.45) is 4.99 Å². The number of aliphatic hydroxyl groups excluding tert-OH is 1. The van der Waals surface area contributed by atoms with Gasteiger partial charge >= 0.3 is 0 Å². The van der Waals surface area contributed by atoms with Gasteiger partial charge in [-0.2, -0.15) is 0 Å². The number of benzene rings is 2. The van der Waals surface area contributed by atoms with E-state index >= 15 is 0 Å². The smallest absolute Gasteiger partial charge is 0.205 e. The molecule has 0 bridgehead atoms. The molecular weight excluding hydrogens is 372 g/mol. The van der Waals surface area contributed by atoms with E-state index in [-0.39, 0.29) is 12.4 Å². The Bertz CT molecular complexity index is 1030. The fraction of sp³-hybridized carbons (Fsp3) is 0.269. The number of unbranched alkanes of at least 4 members (excludes halogenated alkanes) is 1. The molecule has 30 heavy (non-hydrogen) atoms. The molecule has 0 atom stereocenters. The number of Topliss-reactive ketones (excluding diaryl/α,β-unsaturated/α-hetero) is 1. The molecule has 0 amide bonds. The quantitative estimate of drug-likeness (QED) is 0.305. The van der Waals surface area contributed by atoms with Gasteiger partial charge in [-0.15, -0.1) is 0 Å². The van der Waals surface area contributed by atoms with Gasteiger partial charge in [0, 0.05) is 17.7 Å². The maximum atomic E-state index is 13.0. The van der Waals surface area contributed by atoms with Crippen molar-refractivity contribution < 1.29 is 9.90 Å². The summed E-state index contributed by atoms with van der Waals surface area (Å²) in [5, 5.41) is 9.13. The molecule has 0 saturated carbocycles. The lowest BCUT2D eigenvalue weighted by Crippen LogP contribution is -2.08. The summed E-state index contributed by atoms with van der Waals surface area (Å²) in [4.78, 5) is 22.2. The third kappa shape index (κ3) is 5.28. The molecule has 3 aromatic rings. The highest BCUT2D eigenvalue weighted by Crippen LogP contribution is 2.25. The number of carbonyl (C=O) groups is 1. The van der Waals surface area contributed by atoms with Crippen molar-refractivity contribution in [1.82, 2.24) is 4.98 Å². The average molecular weight is 401 g/mol. The van der Waals surface area contributed by atoms with Crippen LogP contribution in [0.1, 0.15) is 45.6 Å². The van der Waals surface area contributed by atoms with Crippen molar-refractivity contribution in [3.05, 3.63) is 82.5 Å². The molecule has 0 aliphatic carbocycles. The molecule has 0 saturated heterocycles. The van der Waals surface area contributed by atoms with Crippen LogP contribution >= 0.6 is 0 Å². The van der Waals surface area contributed by atoms with Crippen LogP contribution in [0.2, 0.25) is 0 Å². The lowest BCUT2D eigenvalue weighted by molar-refractivity contribution is 0.106. The molecule has 4 nitrogen and oxygen atoms in total. The van der Waals surface area contributed by atoms with Gasteiger partial charge in [0.1, 0.15) is 0 Å². The average Bonchev–Trinajstić information content (AvgIpc) is 2.73. The first-order valence-corrected chi connectivity index (χ1v) is 10.3. The van der Waals surface area contributed by atoms with E-state index in [1.165, 1.54) is 11.8 Å². The molecule has 154 valence electrons. The van der Waals surface area contributed by atoms with E-state index in [9.17, 15) is 4.79 Å². The third-order valence-corrected chi connectivity index (χ3v) is 5.08. The van der Waals surface area contributed by atoms with Gasteiger partial charge in [0.15, 0.2) is 0 Å². The van der Waals surface area contributed by atoms with Crippen molar-refractivity contribution in [2.45, 2.75) is 40.0 Å². The zero-order valence-electron chi connectivity index (χ0n) is 17.9. The summed E-state index contributed by atoms with van der Waals surface area (Å²) in [6.45, 7) is 6.20. The predicted octanol–water partition coefficient (Wildman–Crippen LogP) is 5.57. The van der Waals surface area contributed by atoms with Crippen molar-refractivity contribution in [1.29, 1.82) is 0 Å². The number of aliphatic hydroxyl groups is 1. The largest absolute Gasteiger partial charge is 0.396 e. The fourth-order valence-corrected chi connectivity index (χ4v) is 3.66. The molecule has 0 fully saturated rings. The Labute approximate surface area is 178 Å². The number of pyridine rings is 1. The standard InChI is InChI=1S/C26H28N2O2/c1-18-15-19(2)26(20(3)16-18)27-17-25(30)22-12-13-23(21-9-5-4-6-10-21)28-24(22)11-7-8-14-29/h4-6,9-10,12-13,15-17,29H,7-8,11,14H2,1-3H3. The molecule has 1 N–H and O–H groups in total. The molecule has 1 heterocycles. The van der Waals surface area contributed by atoms with Gasteiger partial charge in [-0.05, 0) is 63.3 Å². The lowest BCUT2D eigenvalue weighted by Gasteiger charge is -2.10. The number of nitrogens with zero attached hydrogens (tertiary/aromatic N) is 2. The topological polar surface area (TPSA) is 62.5 Å². The monoisotopic (exact) mass is 400 g/mol. The number of aliphatic imine (C=N–C) groups is 1. The molecular formula is C26H28N2O2. The fourth-order valence-electron chi connectivity index (χ4n) is 3.66.